The number of nitrogens with zero attached hydrogens (tertiary/aromatic N) is 3. The van der Waals surface area contributed by atoms with Crippen LogP contribution < -0.4 is 5.32 Å². The van der Waals surface area contributed by atoms with Gasteiger partial charge in [-0.3, -0.25) is 14.3 Å². The molecule has 1 aromatic carbocycles. The quantitative estimate of drug-likeness (QED) is 0.678. The van der Waals surface area contributed by atoms with Gasteiger partial charge in [-0.15, -0.1) is 11.3 Å². The summed E-state index contributed by atoms with van der Waals surface area (Å²) in [4.78, 5) is 28.9. The van der Waals surface area contributed by atoms with Crippen LogP contribution in [0.5, 0.6) is 0 Å². The summed E-state index contributed by atoms with van der Waals surface area (Å²) in [5.41, 5.74) is 1.53. The molecule has 6 nitrogen and oxygen atoms in total. The molecule has 158 valence electrons. The second kappa shape index (κ2) is 8.55. The van der Waals surface area contributed by atoms with Crippen LogP contribution in [0.3, 0.4) is 0 Å². The van der Waals surface area contributed by atoms with Crippen LogP contribution in [0, 0.1) is 18.7 Å². The Balaban J connectivity index is 1.28. The summed E-state index contributed by atoms with van der Waals surface area (Å²) in [5.74, 6) is -0.342. The molecule has 2 amide bonds. The first-order valence-electron chi connectivity index (χ1n) is 10.2. The van der Waals surface area contributed by atoms with Crippen molar-refractivity contribution in [1.29, 1.82) is 0 Å². The molecule has 0 unspecified atom stereocenters. The van der Waals surface area contributed by atoms with Crippen molar-refractivity contribution in [3.05, 3.63) is 52.3 Å². The molecule has 1 saturated heterocycles. The number of aromatic nitrogens is 2. The molecule has 1 aliphatic rings. The van der Waals surface area contributed by atoms with E-state index in [2.05, 4.69) is 10.4 Å². The van der Waals surface area contributed by atoms with Crippen molar-refractivity contribution >= 4 is 33.4 Å². The SMILES string of the molecule is Cc1nn(C)c2sc(C(=O)N3CCC(C(=O)NCCc4ccccc4F)CC3)cc12. The molecule has 3 heterocycles. The average molecular weight is 429 g/mol. The smallest absolute Gasteiger partial charge is 0.264 e. The molecule has 0 aliphatic carbocycles. The fourth-order valence-electron chi connectivity index (χ4n) is 3.98. The normalized spacial score (nSPS) is 15.0. The maximum Gasteiger partial charge on any atom is 0.264 e. The largest absolute Gasteiger partial charge is 0.356 e. The van der Waals surface area contributed by atoms with Crippen LogP contribution in [-0.4, -0.2) is 46.1 Å². The van der Waals surface area contributed by atoms with Gasteiger partial charge in [0.15, 0.2) is 0 Å². The number of hydrogen-bond acceptors (Lipinski definition) is 4. The van der Waals surface area contributed by atoms with Gasteiger partial charge in [-0.2, -0.15) is 5.10 Å². The Morgan fingerprint density at radius 3 is 2.70 bits per heavy atom. The van der Waals surface area contributed by atoms with E-state index in [1.807, 2.05) is 29.6 Å². The van der Waals surface area contributed by atoms with Gasteiger partial charge in [-0.05, 0) is 43.9 Å². The molecular formula is C22H25FN4O2S. The van der Waals surface area contributed by atoms with Crippen LogP contribution in [0.25, 0.3) is 10.2 Å². The molecule has 1 N–H and O–H groups in total. The summed E-state index contributed by atoms with van der Waals surface area (Å²) < 4.78 is 15.5. The zero-order valence-electron chi connectivity index (χ0n) is 17.2. The van der Waals surface area contributed by atoms with E-state index >= 15 is 0 Å². The van der Waals surface area contributed by atoms with Gasteiger partial charge in [0.2, 0.25) is 5.91 Å². The second-order valence-corrected chi connectivity index (χ2v) is 8.77. The van der Waals surface area contributed by atoms with E-state index < -0.39 is 0 Å². The lowest BCUT2D eigenvalue weighted by Crippen LogP contribution is -2.43. The predicted octanol–water partition coefficient (Wildman–Crippen LogP) is 3.29. The summed E-state index contributed by atoms with van der Waals surface area (Å²) >= 11 is 1.46. The van der Waals surface area contributed by atoms with E-state index in [1.165, 1.54) is 17.4 Å². The Bertz CT molecular complexity index is 1050. The van der Waals surface area contributed by atoms with Gasteiger partial charge in [0.1, 0.15) is 10.6 Å². The van der Waals surface area contributed by atoms with Gasteiger partial charge in [0, 0.05) is 38.0 Å². The first kappa shape index (κ1) is 20.5. The first-order chi connectivity index (χ1) is 14.4. The Labute approximate surface area is 178 Å². The highest BCUT2D eigenvalue weighted by atomic mass is 32.1. The highest BCUT2D eigenvalue weighted by molar-refractivity contribution is 7.20. The fourth-order valence-corrected chi connectivity index (χ4v) is 5.07. The van der Waals surface area contributed by atoms with Crippen LogP contribution in [0.1, 0.15) is 33.8 Å². The molecule has 0 radical (unpaired) electrons. The molecule has 3 aromatic rings. The Morgan fingerprint density at radius 1 is 1.27 bits per heavy atom. The minimum Gasteiger partial charge on any atom is -0.356 e. The zero-order chi connectivity index (χ0) is 21.3. The van der Waals surface area contributed by atoms with Gasteiger partial charge in [0.25, 0.3) is 5.91 Å². The van der Waals surface area contributed by atoms with Gasteiger partial charge in [0.05, 0.1) is 10.6 Å². The van der Waals surface area contributed by atoms with Crippen molar-refractivity contribution in [2.45, 2.75) is 26.2 Å². The van der Waals surface area contributed by atoms with E-state index in [-0.39, 0.29) is 23.5 Å². The second-order valence-electron chi connectivity index (χ2n) is 7.74. The number of amides is 2. The number of aryl methyl sites for hydroxylation is 2. The highest BCUT2D eigenvalue weighted by Gasteiger charge is 2.28. The third-order valence-electron chi connectivity index (χ3n) is 5.71. The number of likely N-dealkylation sites (tertiary alicyclic amines) is 1. The number of rotatable bonds is 5. The van der Waals surface area contributed by atoms with Gasteiger partial charge >= 0.3 is 0 Å². The van der Waals surface area contributed by atoms with Gasteiger partial charge in [-0.1, -0.05) is 18.2 Å². The van der Waals surface area contributed by atoms with Crippen LogP contribution in [0.4, 0.5) is 4.39 Å². The molecule has 2 aromatic heterocycles. The number of nitrogens with one attached hydrogen (secondary N) is 1. The standard InChI is InChI=1S/C22H25FN4O2S/c1-14-17-13-19(30-22(17)26(2)25-14)21(29)27-11-8-16(9-12-27)20(28)24-10-7-15-5-3-4-6-18(15)23/h3-6,13,16H,7-12H2,1-2H3,(H,24,28). The lowest BCUT2D eigenvalue weighted by Gasteiger charge is -2.31. The number of hydrogen-bond donors (Lipinski definition) is 1. The molecule has 1 aliphatic heterocycles. The third kappa shape index (κ3) is 4.09. The summed E-state index contributed by atoms with van der Waals surface area (Å²) in [7, 11) is 1.89. The number of thiophene rings is 1. The Hall–Kier alpha value is -2.74. The van der Waals surface area contributed by atoms with Crippen molar-refractivity contribution in [2.24, 2.45) is 13.0 Å². The lowest BCUT2D eigenvalue weighted by atomic mass is 9.95. The van der Waals surface area contributed by atoms with E-state index in [1.54, 1.807) is 18.2 Å². The molecule has 4 rings (SSSR count). The van der Waals surface area contributed by atoms with Gasteiger partial charge in [-0.25, -0.2) is 4.39 Å². The van der Waals surface area contributed by atoms with Crippen molar-refractivity contribution in [2.75, 3.05) is 19.6 Å². The van der Waals surface area contributed by atoms with Crippen LogP contribution in [0.2, 0.25) is 0 Å². The number of piperidine rings is 1. The maximum absolute atomic E-state index is 13.7. The van der Waals surface area contributed by atoms with Crippen molar-refractivity contribution < 1.29 is 14.0 Å². The maximum atomic E-state index is 13.7. The minimum absolute atomic E-state index is 0.0120. The summed E-state index contributed by atoms with van der Waals surface area (Å²) in [5, 5.41) is 8.31. The van der Waals surface area contributed by atoms with E-state index in [4.69, 9.17) is 0 Å². The third-order valence-corrected chi connectivity index (χ3v) is 6.90. The van der Waals surface area contributed by atoms with Crippen LogP contribution in [0.15, 0.2) is 30.3 Å². The number of fused-ring (bicyclic) bond motifs is 1. The van der Waals surface area contributed by atoms with Crippen molar-refractivity contribution in [1.82, 2.24) is 20.0 Å². The summed E-state index contributed by atoms with van der Waals surface area (Å²) in [6.45, 7) is 3.49. The predicted molar refractivity (Wildman–Crippen MR) is 115 cm³/mol. The molecule has 30 heavy (non-hydrogen) atoms. The Kier molecular flexibility index (Phi) is 5.85. The van der Waals surface area contributed by atoms with Crippen molar-refractivity contribution in [3.8, 4) is 0 Å². The number of carbonyl (C=O) groups is 2. The summed E-state index contributed by atoms with van der Waals surface area (Å²) in [6, 6.07) is 8.53. The van der Waals surface area contributed by atoms with Crippen molar-refractivity contribution in [3.63, 3.8) is 0 Å². The first-order valence-corrected chi connectivity index (χ1v) is 11.0. The average Bonchev–Trinajstić information content (AvgIpc) is 3.30. The number of halogens is 1. The molecule has 0 bridgehead atoms. The molecule has 8 heteroatoms. The van der Waals surface area contributed by atoms with Crippen LogP contribution in [-0.2, 0) is 18.3 Å². The Morgan fingerprint density at radius 2 is 2.00 bits per heavy atom. The molecule has 0 saturated carbocycles. The van der Waals surface area contributed by atoms with Gasteiger partial charge < -0.3 is 10.2 Å². The molecular weight excluding hydrogens is 403 g/mol. The molecule has 0 atom stereocenters. The highest BCUT2D eigenvalue weighted by Crippen LogP contribution is 2.29. The van der Waals surface area contributed by atoms with E-state index in [0.717, 1.165) is 15.9 Å². The zero-order valence-corrected chi connectivity index (χ0v) is 18.0. The van der Waals surface area contributed by atoms with E-state index in [9.17, 15) is 14.0 Å². The van der Waals surface area contributed by atoms with Crippen LogP contribution >= 0.6 is 11.3 Å². The molecule has 1 fully saturated rings. The topological polar surface area (TPSA) is 67.2 Å². The lowest BCUT2D eigenvalue weighted by molar-refractivity contribution is -0.126. The van der Waals surface area contributed by atoms with E-state index in [0.29, 0.717) is 49.3 Å². The molecule has 0 spiro atoms. The number of benzene rings is 1. The monoisotopic (exact) mass is 428 g/mol. The number of carbonyl (C=O) groups excluding carboxylic acids is 2. The minimum atomic E-state index is -0.245. The fraction of sp³-hybridized carbons (Fsp3) is 0.409. The summed E-state index contributed by atoms with van der Waals surface area (Å²) in [6.07, 6.45) is 1.75.